The second kappa shape index (κ2) is 7.66. The lowest BCUT2D eigenvalue weighted by molar-refractivity contribution is 0.0957. The van der Waals surface area contributed by atoms with E-state index in [-0.39, 0.29) is 11.6 Å². The Bertz CT molecular complexity index is 648. The Morgan fingerprint density at radius 2 is 1.95 bits per heavy atom. The van der Waals surface area contributed by atoms with E-state index in [1.54, 1.807) is 0 Å². The van der Waals surface area contributed by atoms with Crippen LogP contribution in [0.4, 0.5) is 4.39 Å². The zero-order valence-corrected chi connectivity index (χ0v) is 16.8. The third-order valence-corrected chi connectivity index (χ3v) is 8.70. The molecule has 2 aromatic rings. The fourth-order valence-corrected chi connectivity index (χ4v) is 6.07. The van der Waals surface area contributed by atoms with E-state index < -0.39 is 0 Å². The second-order valence-corrected chi connectivity index (χ2v) is 9.29. The summed E-state index contributed by atoms with van der Waals surface area (Å²) < 4.78 is 17.6. The van der Waals surface area contributed by atoms with E-state index in [4.69, 9.17) is 0 Å². The first kappa shape index (κ1) is 17.6. The first-order valence-corrected chi connectivity index (χ1v) is 10.3. The van der Waals surface area contributed by atoms with Crippen molar-refractivity contribution < 1.29 is 9.18 Å². The molecule has 0 bridgehead atoms. The van der Waals surface area contributed by atoms with E-state index in [0.29, 0.717) is 21.9 Å². The predicted molar refractivity (Wildman–Crippen MR) is 97.3 cm³/mol. The predicted octanol–water partition coefficient (Wildman–Crippen LogP) is 7.42. The first-order chi connectivity index (χ1) is 9.99. The molecule has 0 aliphatic carbocycles. The normalized spacial score (nSPS) is 13.0. The minimum Gasteiger partial charge on any atom is -0.293 e. The number of carbonyl (C=O) groups is 1. The Morgan fingerprint density at radius 1 is 1.24 bits per heavy atom. The summed E-state index contributed by atoms with van der Waals surface area (Å²) >= 11 is 9.43. The van der Waals surface area contributed by atoms with Crippen molar-refractivity contribution in [2.75, 3.05) is 0 Å². The fourth-order valence-electron chi connectivity index (χ4n) is 2.33. The molecule has 6 heteroatoms. The summed E-state index contributed by atoms with van der Waals surface area (Å²) in [5.74, 6) is -0.0271. The summed E-state index contributed by atoms with van der Waals surface area (Å²) in [5, 5.41) is 0. The largest absolute Gasteiger partial charge is 0.293 e. The lowest BCUT2D eigenvalue weighted by Crippen LogP contribution is -2.08. The van der Waals surface area contributed by atoms with Crippen molar-refractivity contribution in [1.82, 2.24) is 0 Å². The molecule has 0 aromatic carbocycles. The Morgan fingerprint density at radius 3 is 2.52 bits per heavy atom. The quantitative estimate of drug-likeness (QED) is 0.397. The van der Waals surface area contributed by atoms with Crippen molar-refractivity contribution in [3.8, 4) is 0 Å². The maximum Gasteiger partial charge on any atom is 0.176 e. The molecule has 1 atom stereocenters. The van der Waals surface area contributed by atoms with Crippen LogP contribution in [-0.4, -0.2) is 5.78 Å². The Labute approximate surface area is 149 Å². The number of halogens is 3. The van der Waals surface area contributed by atoms with Gasteiger partial charge in [0, 0.05) is 6.42 Å². The zero-order valence-electron chi connectivity index (χ0n) is 12.0. The van der Waals surface area contributed by atoms with E-state index in [9.17, 15) is 9.18 Å². The van der Waals surface area contributed by atoms with E-state index >= 15 is 0 Å². The molecule has 0 amide bonds. The van der Waals surface area contributed by atoms with Gasteiger partial charge in [-0.05, 0) is 37.8 Å². The molecule has 21 heavy (non-hydrogen) atoms. The number of thiophene rings is 2. The molecule has 116 valence electrons. The standard InChI is InChI=1S/C15H17Br2FOS2/c1-3-5-6-8(4-2)7-9(19)12-11(18)14-13(20-12)10(16)15(17)21-14/h8H,3-7H2,1-2H3. The molecule has 2 aromatic heterocycles. The van der Waals surface area contributed by atoms with Gasteiger partial charge in [0.15, 0.2) is 11.6 Å². The summed E-state index contributed by atoms with van der Waals surface area (Å²) in [4.78, 5) is 12.7. The molecule has 2 heterocycles. The van der Waals surface area contributed by atoms with Crippen molar-refractivity contribution in [3.63, 3.8) is 0 Å². The van der Waals surface area contributed by atoms with Gasteiger partial charge in [0.05, 0.1) is 17.7 Å². The van der Waals surface area contributed by atoms with Gasteiger partial charge < -0.3 is 0 Å². The molecular formula is C15H17Br2FOS2. The molecular weight excluding hydrogens is 439 g/mol. The molecule has 0 fully saturated rings. The summed E-state index contributed by atoms with van der Waals surface area (Å²) in [6.07, 6.45) is 4.75. The zero-order chi connectivity index (χ0) is 15.6. The monoisotopic (exact) mass is 454 g/mol. The summed E-state index contributed by atoms with van der Waals surface area (Å²) in [6, 6.07) is 0. The van der Waals surface area contributed by atoms with Gasteiger partial charge in [-0.2, -0.15) is 0 Å². The second-order valence-electron chi connectivity index (χ2n) is 5.14. The van der Waals surface area contributed by atoms with Gasteiger partial charge >= 0.3 is 0 Å². The highest BCUT2D eigenvalue weighted by molar-refractivity contribution is 9.13. The molecule has 2 rings (SSSR count). The average Bonchev–Trinajstić information content (AvgIpc) is 2.93. The van der Waals surface area contributed by atoms with Crippen LogP contribution >= 0.6 is 54.5 Å². The van der Waals surface area contributed by atoms with Gasteiger partial charge in [-0.15, -0.1) is 22.7 Å². The maximum absolute atomic E-state index is 14.4. The van der Waals surface area contributed by atoms with Crippen molar-refractivity contribution in [3.05, 3.63) is 19.0 Å². The van der Waals surface area contributed by atoms with Crippen LogP contribution in [-0.2, 0) is 0 Å². The number of rotatable bonds is 7. The van der Waals surface area contributed by atoms with Gasteiger partial charge in [0.2, 0.25) is 0 Å². The van der Waals surface area contributed by atoms with Gasteiger partial charge in [-0.25, -0.2) is 4.39 Å². The number of Topliss-reactive ketones (excluding diaryl/α,β-unsaturated/α-hetero) is 1. The van der Waals surface area contributed by atoms with Crippen molar-refractivity contribution in [1.29, 1.82) is 0 Å². The minimum atomic E-state index is -0.346. The van der Waals surface area contributed by atoms with Crippen molar-refractivity contribution >= 4 is 69.7 Å². The molecule has 0 radical (unpaired) electrons. The lowest BCUT2D eigenvalue weighted by Gasteiger charge is -2.12. The maximum atomic E-state index is 14.4. The van der Waals surface area contributed by atoms with Crippen LogP contribution in [0.3, 0.4) is 0 Å². The highest BCUT2D eigenvalue weighted by Crippen LogP contribution is 2.46. The Kier molecular flexibility index (Phi) is 6.41. The molecule has 1 unspecified atom stereocenters. The molecule has 0 aliphatic heterocycles. The van der Waals surface area contributed by atoms with E-state index in [1.807, 2.05) is 0 Å². The Hall–Kier alpha value is 0.220. The Balaban J connectivity index is 2.21. The van der Waals surface area contributed by atoms with Gasteiger partial charge in [-0.3, -0.25) is 4.79 Å². The fraction of sp³-hybridized carbons (Fsp3) is 0.533. The number of ketones is 1. The van der Waals surface area contributed by atoms with Crippen LogP contribution in [0.1, 0.15) is 55.6 Å². The van der Waals surface area contributed by atoms with Crippen LogP contribution in [0.5, 0.6) is 0 Å². The van der Waals surface area contributed by atoms with Crippen LogP contribution < -0.4 is 0 Å². The summed E-state index contributed by atoms with van der Waals surface area (Å²) in [5.41, 5.74) is 0. The third-order valence-electron chi connectivity index (χ3n) is 3.64. The molecule has 0 saturated carbocycles. The number of hydrogen-bond donors (Lipinski definition) is 0. The number of fused-ring (bicyclic) bond motifs is 1. The summed E-state index contributed by atoms with van der Waals surface area (Å²) in [7, 11) is 0. The van der Waals surface area contributed by atoms with E-state index in [1.165, 1.54) is 22.7 Å². The third kappa shape index (κ3) is 3.77. The van der Waals surface area contributed by atoms with Crippen LogP contribution in [0.15, 0.2) is 8.26 Å². The first-order valence-electron chi connectivity index (χ1n) is 7.08. The smallest absolute Gasteiger partial charge is 0.176 e. The topological polar surface area (TPSA) is 17.1 Å². The molecule has 0 aliphatic rings. The molecule has 0 spiro atoms. The highest BCUT2D eigenvalue weighted by atomic mass is 79.9. The van der Waals surface area contributed by atoms with Gasteiger partial charge in [0.25, 0.3) is 0 Å². The van der Waals surface area contributed by atoms with E-state index in [0.717, 1.165) is 38.6 Å². The van der Waals surface area contributed by atoms with E-state index in [2.05, 4.69) is 45.7 Å². The van der Waals surface area contributed by atoms with Crippen molar-refractivity contribution in [2.45, 2.75) is 46.0 Å². The molecule has 1 nitrogen and oxygen atoms in total. The number of unbranched alkanes of at least 4 members (excludes halogenated alkanes) is 1. The lowest BCUT2D eigenvalue weighted by atomic mass is 9.93. The van der Waals surface area contributed by atoms with Crippen LogP contribution in [0, 0.1) is 11.7 Å². The van der Waals surface area contributed by atoms with Crippen LogP contribution in [0.2, 0.25) is 0 Å². The van der Waals surface area contributed by atoms with Gasteiger partial charge in [0.1, 0.15) is 4.88 Å². The number of carbonyl (C=O) groups excluding carboxylic acids is 1. The average molecular weight is 456 g/mol. The van der Waals surface area contributed by atoms with Gasteiger partial charge in [-0.1, -0.05) is 39.5 Å². The van der Waals surface area contributed by atoms with Crippen molar-refractivity contribution in [2.24, 2.45) is 5.92 Å². The van der Waals surface area contributed by atoms with Crippen LogP contribution in [0.25, 0.3) is 9.40 Å². The number of hydrogen-bond acceptors (Lipinski definition) is 3. The summed E-state index contributed by atoms with van der Waals surface area (Å²) in [6.45, 7) is 4.25. The molecule has 0 saturated heterocycles. The highest BCUT2D eigenvalue weighted by Gasteiger charge is 2.24. The SMILES string of the molecule is CCCCC(CC)CC(=O)c1sc2c(Br)c(Br)sc2c1F. The molecule has 0 N–H and O–H groups in total. The minimum absolute atomic E-state index is 0.0492.